The Hall–Kier alpha value is -1.88. The zero-order valence-corrected chi connectivity index (χ0v) is 15.5. The van der Waals surface area contributed by atoms with E-state index in [0.717, 1.165) is 12.0 Å². The average Bonchev–Trinajstić information content (AvgIpc) is 2.97. The summed E-state index contributed by atoms with van der Waals surface area (Å²) in [6.45, 7) is 9.29. The van der Waals surface area contributed by atoms with Gasteiger partial charge in [-0.05, 0) is 45.1 Å². The molecule has 0 unspecified atom stereocenters. The van der Waals surface area contributed by atoms with Crippen molar-refractivity contribution in [2.24, 2.45) is 17.3 Å². The summed E-state index contributed by atoms with van der Waals surface area (Å²) >= 11 is 0. The quantitative estimate of drug-likeness (QED) is 0.652. The monoisotopic (exact) mass is 346 g/mol. The van der Waals surface area contributed by atoms with Gasteiger partial charge >= 0.3 is 5.97 Å². The van der Waals surface area contributed by atoms with Gasteiger partial charge in [0, 0.05) is 16.6 Å². The van der Waals surface area contributed by atoms with Crippen molar-refractivity contribution in [1.82, 2.24) is 0 Å². The lowest BCUT2D eigenvalue weighted by Gasteiger charge is -2.53. The number of ketones is 1. The molecule has 2 aliphatic carbocycles. The van der Waals surface area contributed by atoms with Crippen LogP contribution < -0.4 is 0 Å². The number of allylic oxidation sites excluding steroid dienone is 1. The summed E-state index contributed by atoms with van der Waals surface area (Å²) in [7, 11) is 0. The minimum absolute atomic E-state index is 0.122. The maximum atomic E-state index is 13.2. The van der Waals surface area contributed by atoms with Crippen LogP contribution in [0.25, 0.3) is 0 Å². The molecule has 0 aromatic carbocycles. The van der Waals surface area contributed by atoms with Gasteiger partial charge in [0.15, 0.2) is 5.76 Å². The number of aliphatic hydroxyl groups excluding tert-OH is 1. The van der Waals surface area contributed by atoms with E-state index in [9.17, 15) is 14.7 Å². The fourth-order valence-corrected chi connectivity index (χ4v) is 4.40. The minimum atomic E-state index is -0.816. The van der Waals surface area contributed by atoms with Crippen molar-refractivity contribution in [3.63, 3.8) is 0 Å². The molecule has 1 heterocycles. The summed E-state index contributed by atoms with van der Waals surface area (Å²) in [5.74, 6) is -0.841. The lowest BCUT2D eigenvalue weighted by Crippen LogP contribution is -2.55. The zero-order chi connectivity index (χ0) is 18.5. The second kappa shape index (κ2) is 6.13. The van der Waals surface area contributed by atoms with Crippen LogP contribution in [0.5, 0.6) is 0 Å². The molecule has 5 heteroatoms. The lowest BCUT2D eigenvalue weighted by atomic mass is 9.53. The van der Waals surface area contributed by atoms with E-state index >= 15 is 0 Å². The fourth-order valence-electron chi connectivity index (χ4n) is 4.40. The molecule has 1 N–H and O–H groups in total. The molecule has 1 saturated carbocycles. The molecular weight excluding hydrogens is 320 g/mol. The van der Waals surface area contributed by atoms with E-state index in [1.807, 2.05) is 13.8 Å². The standard InChI is InChI=1S/C20H26O5/c1-6-10(2)19(23)25-13-8-7-12(4)20(5)15(13)16(21)17-14(18(20)22)11(3)9-24-17/h6,9,12-13,15,18,22H,7-8H2,1-5H3/t12-,13-,15-,18+,20+/m0/s1. The predicted molar refractivity (Wildman–Crippen MR) is 92.0 cm³/mol. The number of carbonyl (C=O) groups excluding carboxylic acids is 2. The number of Topliss-reactive ketones (excluding diaryl/α,β-unsaturated/α-hetero) is 1. The van der Waals surface area contributed by atoms with Gasteiger partial charge in [-0.2, -0.15) is 0 Å². The molecule has 3 rings (SSSR count). The van der Waals surface area contributed by atoms with Gasteiger partial charge in [0.1, 0.15) is 6.10 Å². The van der Waals surface area contributed by atoms with E-state index in [0.29, 0.717) is 17.6 Å². The number of furan rings is 1. The highest BCUT2D eigenvalue weighted by molar-refractivity contribution is 6.00. The van der Waals surface area contributed by atoms with Gasteiger partial charge in [-0.3, -0.25) is 4.79 Å². The van der Waals surface area contributed by atoms with Crippen LogP contribution in [0.1, 0.15) is 68.3 Å². The Balaban J connectivity index is 2.05. The van der Waals surface area contributed by atoms with Crippen LogP contribution in [0.4, 0.5) is 0 Å². The van der Waals surface area contributed by atoms with E-state index in [4.69, 9.17) is 9.15 Å². The normalized spacial score (nSPS) is 35.1. The molecule has 0 amide bonds. The second-order valence-corrected chi connectivity index (χ2v) is 7.67. The molecule has 5 atom stereocenters. The highest BCUT2D eigenvalue weighted by atomic mass is 16.5. The van der Waals surface area contributed by atoms with Crippen molar-refractivity contribution in [1.29, 1.82) is 0 Å². The number of fused-ring (bicyclic) bond motifs is 2. The topological polar surface area (TPSA) is 76.7 Å². The fraction of sp³-hybridized carbons (Fsp3) is 0.600. The first kappa shape index (κ1) is 17.9. The number of aliphatic hydroxyl groups is 1. The Morgan fingerprint density at radius 2 is 2.12 bits per heavy atom. The van der Waals surface area contributed by atoms with Gasteiger partial charge in [0.05, 0.1) is 18.3 Å². The van der Waals surface area contributed by atoms with Gasteiger partial charge < -0.3 is 14.3 Å². The van der Waals surface area contributed by atoms with Crippen molar-refractivity contribution in [2.75, 3.05) is 0 Å². The summed E-state index contributed by atoms with van der Waals surface area (Å²) in [5, 5.41) is 11.1. The van der Waals surface area contributed by atoms with Crippen LogP contribution in [0.15, 0.2) is 22.3 Å². The molecule has 1 aromatic rings. The largest absolute Gasteiger partial charge is 0.461 e. The first-order valence-corrected chi connectivity index (χ1v) is 8.87. The first-order chi connectivity index (χ1) is 11.7. The molecule has 0 radical (unpaired) electrons. The van der Waals surface area contributed by atoms with E-state index in [1.54, 1.807) is 19.9 Å². The minimum Gasteiger partial charge on any atom is -0.461 e. The Bertz CT molecular complexity index is 743. The van der Waals surface area contributed by atoms with Gasteiger partial charge in [-0.15, -0.1) is 0 Å². The number of esters is 1. The number of carbonyl (C=O) groups is 2. The van der Waals surface area contributed by atoms with Crippen molar-refractivity contribution in [2.45, 2.75) is 59.7 Å². The molecule has 0 saturated heterocycles. The number of hydrogen-bond donors (Lipinski definition) is 1. The Labute approximate surface area is 148 Å². The number of ether oxygens (including phenoxy) is 1. The third-order valence-corrected chi connectivity index (χ3v) is 6.39. The van der Waals surface area contributed by atoms with Crippen molar-refractivity contribution in [3.05, 3.63) is 34.8 Å². The van der Waals surface area contributed by atoms with E-state index in [-0.39, 0.29) is 17.5 Å². The zero-order valence-electron chi connectivity index (χ0n) is 15.5. The van der Waals surface area contributed by atoms with Crippen LogP contribution in [-0.2, 0) is 9.53 Å². The third-order valence-electron chi connectivity index (χ3n) is 6.39. The SMILES string of the molecule is CC=C(C)C(=O)O[C@H]1CC[C@H](C)[C@@]2(C)[C@H](O)c3c(C)coc3C(=O)[C@H]12. The number of hydrogen-bond acceptors (Lipinski definition) is 5. The third kappa shape index (κ3) is 2.48. The summed E-state index contributed by atoms with van der Waals surface area (Å²) in [5.41, 5.74) is 1.20. The van der Waals surface area contributed by atoms with Crippen LogP contribution in [-0.4, -0.2) is 23.0 Å². The summed E-state index contributed by atoms with van der Waals surface area (Å²) in [6, 6.07) is 0. The molecule has 0 aliphatic heterocycles. The maximum absolute atomic E-state index is 13.2. The Morgan fingerprint density at radius 1 is 1.44 bits per heavy atom. The van der Waals surface area contributed by atoms with Crippen LogP contribution >= 0.6 is 0 Å². The van der Waals surface area contributed by atoms with Gasteiger partial charge in [-0.1, -0.05) is 19.9 Å². The summed E-state index contributed by atoms with van der Waals surface area (Å²) < 4.78 is 11.1. The maximum Gasteiger partial charge on any atom is 0.333 e. The van der Waals surface area contributed by atoms with Crippen LogP contribution in [0.3, 0.4) is 0 Å². The van der Waals surface area contributed by atoms with Gasteiger partial charge in [0.2, 0.25) is 5.78 Å². The second-order valence-electron chi connectivity index (χ2n) is 7.67. The van der Waals surface area contributed by atoms with Gasteiger partial charge in [0.25, 0.3) is 0 Å². The number of rotatable bonds is 2. The molecule has 1 aromatic heterocycles. The average molecular weight is 346 g/mol. The van der Waals surface area contributed by atoms with Crippen LogP contribution in [0.2, 0.25) is 0 Å². The summed E-state index contributed by atoms with van der Waals surface area (Å²) in [4.78, 5) is 25.4. The van der Waals surface area contributed by atoms with E-state index < -0.39 is 29.5 Å². The highest BCUT2D eigenvalue weighted by Gasteiger charge is 2.60. The van der Waals surface area contributed by atoms with E-state index in [1.165, 1.54) is 6.26 Å². The smallest absolute Gasteiger partial charge is 0.333 e. The molecule has 0 bridgehead atoms. The Morgan fingerprint density at radius 3 is 2.76 bits per heavy atom. The van der Waals surface area contributed by atoms with E-state index in [2.05, 4.69) is 6.92 Å². The Kier molecular flexibility index (Phi) is 4.40. The van der Waals surface area contributed by atoms with Gasteiger partial charge in [-0.25, -0.2) is 4.79 Å². The first-order valence-electron chi connectivity index (χ1n) is 8.87. The molecule has 5 nitrogen and oxygen atoms in total. The molecule has 2 aliphatic rings. The molecule has 25 heavy (non-hydrogen) atoms. The molecule has 1 fully saturated rings. The van der Waals surface area contributed by atoms with Crippen molar-refractivity contribution in [3.8, 4) is 0 Å². The number of aryl methyl sites for hydroxylation is 1. The highest BCUT2D eigenvalue weighted by Crippen LogP contribution is 2.58. The van der Waals surface area contributed by atoms with Crippen LogP contribution in [0, 0.1) is 24.2 Å². The van der Waals surface area contributed by atoms with Crippen molar-refractivity contribution < 1.29 is 23.8 Å². The molecular formula is C20H26O5. The predicted octanol–water partition coefficient (Wildman–Crippen LogP) is 3.75. The van der Waals surface area contributed by atoms with Crippen molar-refractivity contribution >= 4 is 11.8 Å². The lowest BCUT2D eigenvalue weighted by molar-refractivity contribution is -0.162. The molecule has 0 spiro atoms. The summed E-state index contributed by atoms with van der Waals surface area (Å²) in [6.07, 6.45) is 3.24. The molecule has 136 valence electrons.